The van der Waals surface area contributed by atoms with Gasteiger partial charge in [-0.05, 0) is 110 Å². The number of hydrogen-bond donors (Lipinski definition) is 0. The average molecular weight is 848 g/mol. The van der Waals surface area contributed by atoms with Crippen molar-refractivity contribution in [3.05, 3.63) is 268 Å². The van der Waals surface area contributed by atoms with Crippen molar-refractivity contribution in [3.63, 3.8) is 0 Å². The molecule has 2 heteroatoms. The summed E-state index contributed by atoms with van der Waals surface area (Å²) in [5.41, 5.74) is 23.8. The molecule has 0 aromatic heterocycles. The van der Waals surface area contributed by atoms with Gasteiger partial charge in [-0.25, -0.2) is 0 Å². The van der Waals surface area contributed by atoms with Crippen LogP contribution in [0.2, 0.25) is 0 Å². The van der Waals surface area contributed by atoms with Crippen molar-refractivity contribution in [2.24, 2.45) is 0 Å². The first-order valence-corrected chi connectivity index (χ1v) is 23.3. The van der Waals surface area contributed by atoms with Crippen molar-refractivity contribution in [3.8, 4) is 22.3 Å². The molecule has 0 saturated heterocycles. The topological polar surface area (TPSA) is 6.25 Å². The summed E-state index contributed by atoms with van der Waals surface area (Å²) in [6.45, 7) is 9.46. The van der Waals surface area contributed by atoms with E-state index in [1.807, 2.05) is 0 Å². The van der Waals surface area contributed by atoms with E-state index >= 15 is 0 Å². The molecule has 316 valence electrons. The Kier molecular flexibility index (Phi) is 9.29. The predicted octanol–water partition coefficient (Wildman–Crippen LogP) is 16.4. The van der Waals surface area contributed by atoms with E-state index in [4.69, 9.17) is 0 Å². The number of para-hydroxylation sites is 1. The van der Waals surface area contributed by atoms with Gasteiger partial charge >= 0.3 is 0 Å². The highest BCUT2D eigenvalue weighted by Gasteiger charge is 2.43. The minimum absolute atomic E-state index is 0.0939. The fourth-order valence-electron chi connectivity index (χ4n) is 11.3. The Morgan fingerprint density at radius 3 is 1.47 bits per heavy atom. The molecule has 1 unspecified atom stereocenters. The Hall–Kier alpha value is -7.81. The van der Waals surface area contributed by atoms with Crippen LogP contribution in [0.25, 0.3) is 34.4 Å². The van der Waals surface area contributed by atoms with E-state index in [0.717, 1.165) is 33.9 Å². The third-order valence-electron chi connectivity index (χ3n) is 14.6. The van der Waals surface area contributed by atoms with Gasteiger partial charge in [0.25, 0.3) is 0 Å². The molecule has 0 N–H and O–H groups in total. The van der Waals surface area contributed by atoms with Crippen LogP contribution >= 0.6 is 0 Å². The molecule has 1 atom stereocenters. The van der Waals surface area contributed by atoms with E-state index in [1.54, 1.807) is 0 Å². The van der Waals surface area contributed by atoms with Crippen molar-refractivity contribution in [2.75, 3.05) is 4.90 Å². The molecule has 0 saturated carbocycles. The second-order valence-corrected chi connectivity index (χ2v) is 19.1. The van der Waals surface area contributed by atoms with Crippen LogP contribution in [0.3, 0.4) is 0 Å². The number of anilines is 3. The molecule has 1 heterocycles. The summed E-state index contributed by atoms with van der Waals surface area (Å²) in [7, 11) is 0. The predicted molar refractivity (Wildman–Crippen MR) is 278 cm³/mol. The molecule has 9 aromatic carbocycles. The molecule has 9 aromatic rings. The van der Waals surface area contributed by atoms with Gasteiger partial charge in [-0.2, -0.15) is 4.58 Å². The Bertz CT molecular complexity index is 3290. The number of nitrogens with zero attached hydrogens (tertiary/aromatic N) is 2. The Balaban J connectivity index is 0.930. The van der Waals surface area contributed by atoms with Crippen LogP contribution < -0.4 is 9.48 Å². The maximum atomic E-state index is 2.47. The lowest BCUT2D eigenvalue weighted by atomic mass is 9.82. The zero-order valence-corrected chi connectivity index (χ0v) is 37.9. The van der Waals surface area contributed by atoms with E-state index in [0.29, 0.717) is 0 Å². The average Bonchev–Trinajstić information content (AvgIpc) is 3.91. The Labute approximate surface area is 389 Å². The van der Waals surface area contributed by atoms with Gasteiger partial charge < -0.3 is 4.90 Å². The maximum Gasteiger partial charge on any atom is 0.216 e. The van der Waals surface area contributed by atoms with Crippen LogP contribution in [0.15, 0.2) is 218 Å². The van der Waals surface area contributed by atoms with Crippen molar-refractivity contribution in [1.29, 1.82) is 0 Å². The summed E-state index contributed by atoms with van der Waals surface area (Å²) < 4.78 is 2.47. The van der Waals surface area contributed by atoms with Crippen molar-refractivity contribution in [1.82, 2.24) is 4.58 Å². The molecule has 1 aliphatic heterocycles. The van der Waals surface area contributed by atoms with Crippen LogP contribution in [-0.4, -0.2) is 5.71 Å². The van der Waals surface area contributed by atoms with Crippen molar-refractivity contribution >= 4 is 46.3 Å². The minimum atomic E-state index is -0.108. The zero-order chi connectivity index (χ0) is 44.6. The molecule has 66 heavy (non-hydrogen) atoms. The third kappa shape index (κ3) is 6.35. The van der Waals surface area contributed by atoms with Gasteiger partial charge in [0.2, 0.25) is 17.1 Å². The molecular weight excluding hydrogens is 797 g/mol. The molecule has 2 nitrogen and oxygen atoms in total. The van der Waals surface area contributed by atoms with Crippen LogP contribution in [0.1, 0.15) is 83.7 Å². The SMILES string of the molecule is CC1(C)c2ccccc2-c2ccc(N(c3ccc(C=Cc4ccc5c(c4)[N+](c4ccccc4)=C(c4ccccc4)C5c4ccccc4)cc3)c3ccc4c(c3)C(C)(C)c3ccccc3-4)cc21. The molecular formula is C64H51N2+. The molecule has 12 rings (SSSR count). The van der Waals surface area contributed by atoms with E-state index < -0.39 is 0 Å². The molecule has 0 bridgehead atoms. The quantitative estimate of drug-likeness (QED) is 0.109. The zero-order valence-electron chi connectivity index (χ0n) is 37.9. The summed E-state index contributed by atoms with van der Waals surface area (Å²) in [6.07, 6.45) is 4.51. The van der Waals surface area contributed by atoms with Gasteiger partial charge in [-0.15, -0.1) is 0 Å². The second kappa shape index (κ2) is 15.4. The van der Waals surface area contributed by atoms with Crippen LogP contribution in [-0.2, 0) is 10.8 Å². The van der Waals surface area contributed by atoms with Crippen LogP contribution in [0, 0.1) is 0 Å². The van der Waals surface area contributed by atoms with Crippen LogP contribution in [0.5, 0.6) is 0 Å². The monoisotopic (exact) mass is 847 g/mol. The lowest BCUT2D eigenvalue weighted by Gasteiger charge is -2.29. The first-order valence-electron chi connectivity index (χ1n) is 23.3. The van der Waals surface area contributed by atoms with Gasteiger partial charge in [0.1, 0.15) is 5.92 Å². The highest BCUT2D eigenvalue weighted by molar-refractivity contribution is 6.13. The Morgan fingerprint density at radius 1 is 0.409 bits per heavy atom. The normalized spacial score (nSPS) is 15.8. The van der Waals surface area contributed by atoms with E-state index in [2.05, 4.69) is 268 Å². The van der Waals surface area contributed by atoms with Crippen LogP contribution in [0.4, 0.5) is 28.4 Å². The van der Waals surface area contributed by atoms with E-state index in [9.17, 15) is 0 Å². The fourth-order valence-corrected chi connectivity index (χ4v) is 11.3. The summed E-state index contributed by atoms with van der Waals surface area (Å²) in [5.74, 6) is 0.0939. The molecule has 0 fully saturated rings. The number of rotatable bonds is 8. The van der Waals surface area contributed by atoms with Crippen molar-refractivity contribution in [2.45, 2.75) is 44.4 Å². The molecule has 3 aliphatic rings. The smallest absolute Gasteiger partial charge is 0.216 e. The highest BCUT2D eigenvalue weighted by Crippen LogP contribution is 2.53. The maximum absolute atomic E-state index is 2.47. The molecule has 0 amide bonds. The first-order chi connectivity index (χ1) is 32.3. The molecule has 2 aliphatic carbocycles. The number of fused-ring (bicyclic) bond motifs is 7. The molecule has 0 spiro atoms. The summed E-state index contributed by atoms with van der Waals surface area (Å²) in [6, 6.07) is 80.7. The lowest BCUT2D eigenvalue weighted by Crippen LogP contribution is -2.19. The summed E-state index contributed by atoms with van der Waals surface area (Å²) >= 11 is 0. The van der Waals surface area contributed by atoms with E-state index in [1.165, 1.54) is 72.6 Å². The van der Waals surface area contributed by atoms with Gasteiger partial charge in [0, 0.05) is 57.2 Å². The minimum Gasteiger partial charge on any atom is -0.310 e. The van der Waals surface area contributed by atoms with Gasteiger partial charge in [0.05, 0.1) is 0 Å². The second-order valence-electron chi connectivity index (χ2n) is 19.1. The summed E-state index contributed by atoms with van der Waals surface area (Å²) in [4.78, 5) is 2.45. The van der Waals surface area contributed by atoms with Crippen molar-refractivity contribution < 1.29 is 0 Å². The largest absolute Gasteiger partial charge is 0.310 e. The Morgan fingerprint density at radius 2 is 0.879 bits per heavy atom. The summed E-state index contributed by atoms with van der Waals surface area (Å²) in [5, 5.41) is 0. The number of hydrogen-bond acceptors (Lipinski definition) is 1. The first kappa shape index (κ1) is 39.8. The lowest BCUT2D eigenvalue weighted by molar-refractivity contribution is 0.660. The van der Waals surface area contributed by atoms with Gasteiger partial charge in [-0.1, -0.05) is 192 Å². The van der Waals surface area contributed by atoms with Gasteiger partial charge in [0.15, 0.2) is 0 Å². The van der Waals surface area contributed by atoms with E-state index in [-0.39, 0.29) is 16.7 Å². The highest BCUT2D eigenvalue weighted by atomic mass is 15.1. The number of benzene rings is 9. The molecule has 0 radical (unpaired) electrons. The standard InChI is InChI=1S/C64H51N2/c1-63(2)56-26-16-14-24-51(56)53-38-35-49(41-58(53)63)65(50-36-39-54-52-25-15-17-27-57(52)64(3,4)59(54)42-50)48-33-30-43(31-34-48)28-29-44-32-37-55-60(40-44)66(47-22-12-7-13-23-47)62(46-20-10-6-11-21-46)61(55)45-18-8-5-9-19-45/h5-42,61H,1-4H3/q+1. The van der Waals surface area contributed by atoms with Gasteiger partial charge in [-0.3, -0.25) is 0 Å². The third-order valence-corrected chi connectivity index (χ3v) is 14.6. The fraction of sp³-hybridized carbons (Fsp3) is 0.109.